The van der Waals surface area contributed by atoms with Crippen molar-refractivity contribution >= 4 is 5.97 Å². The van der Waals surface area contributed by atoms with E-state index in [-0.39, 0.29) is 79.3 Å². The Morgan fingerprint density at radius 3 is 0.990 bits per heavy atom. The van der Waals surface area contributed by atoms with Crippen LogP contribution in [0, 0.1) is 0 Å². The maximum Gasteiger partial charge on any atom is 0.302 e. The Kier molecular flexibility index (Phi) is 26.9. The van der Waals surface area contributed by atoms with Gasteiger partial charge in [0.15, 0.2) is 12.6 Å². The van der Waals surface area contributed by atoms with Gasteiger partial charge in [-0.3, -0.25) is 4.79 Å². The zero-order valence-electron chi connectivity index (χ0n) is 56.2. The molecule has 522 valence electrons. The Balaban J connectivity index is 0.972. The van der Waals surface area contributed by atoms with E-state index in [2.05, 4.69) is 0 Å². The smallest absolute Gasteiger partial charge is 0.302 e. The summed E-state index contributed by atoms with van der Waals surface area (Å²) in [4.78, 5) is 12.9. The number of carbonyl (C=O) groups is 1. The molecule has 1 N–H and O–H groups in total. The minimum absolute atomic E-state index is 0.0768. The Hall–Kier alpha value is -8.15. The minimum atomic E-state index is -1.95. The Morgan fingerprint density at radius 2 is 0.630 bits per heavy atom. The number of hydrogen-bond donors (Lipinski definition) is 1. The molecule has 0 aliphatic carbocycles. The molecule has 100 heavy (non-hydrogen) atoms. The average Bonchev–Trinajstić information content (AvgIpc) is 1.53. The minimum Gasteiger partial charge on any atom is -0.463 e. The van der Waals surface area contributed by atoms with Gasteiger partial charge in [-0.05, 0) is 50.1 Å². The van der Waals surface area contributed by atoms with Crippen LogP contribution >= 0.6 is 0 Å². The molecule has 0 saturated carbocycles. The quantitative estimate of drug-likeness (QED) is 0.0367. The molecule has 3 aliphatic rings. The second-order valence-electron chi connectivity index (χ2n) is 25.0. The van der Waals surface area contributed by atoms with Crippen LogP contribution in [0.5, 0.6) is 0 Å². The fourth-order valence-corrected chi connectivity index (χ4v) is 12.6. The van der Waals surface area contributed by atoms with E-state index in [1.165, 1.54) is 6.92 Å². The lowest BCUT2D eigenvalue weighted by Gasteiger charge is -2.49. The van der Waals surface area contributed by atoms with Crippen molar-refractivity contribution in [1.82, 2.24) is 0 Å². The standard InChI is InChI=1S/C83H88O17/c1-60(85)87-58-72-75(90-51-64-35-17-5-18-36-64)80(95-56-69-45-27-10-28-46-69)83(99-72,59-86-48-61-29-11-2-12-30-61)100-82-79(94-55-68-43-25-9-26-44-68)77(92-53-66-39-21-7-22-40-66)74(89-50-63-33-15-4-16-34-63)71(98-82)57-96-81-78(93-54-67-41-23-8-24-42-67)76(91-52-65-37-19-6-20-38-65)73(70(47-84)97-81)88-49-62-31-13-3-14-32-62/h2-46,70-82,84H,47-59H2,1H3/t70-,71-,72-,73+,74-,75-,76+,77+,78-,79-,80+,81+,82-,83+/m1/s1. The number of rotatable bonds is 36. The highest BCUT2D eigenvalue weighted by Gasteiger charge is 2.62. The fraction of sp³-hybridized carbons (Fsp3) is 0.337. The molecule has 17 heteroatoms. The number of aliphatic hydroxyl groups is 1. The summed E-state index contributed by atoms with van der Waals surface area (Å²) < 4.78 is 106. The first kappa shape index (κ1) is 71.7. The van der Waals surface area contributed by atoms with Gasteiger partial charge in [-0.25, -0.2) is 0 Å². The van der Waals surface area contributed by atoms with Gasteiger partial charge in [0.05, 0.1) is 72.7 Å². The molecule has 17 nitrogen and oxygen atoms in total. The summed E-state index contributed by atoms with van der Waals surface area (Å²) in [6.45, 7) is 1.27. The normalized spacial score (nSPS) is 25.1. The van der Waals surface area contributed by atoms with Gasteiger partial charge in [0.1, 0.15) is 80.4 Å². The lowest BCUT2D eigenvalue weighted by molar-refractivity contribution is -0.402. The van der Waals surface area contributed by atoms with Crippen LogP contribution in [0.3, 0.4) is 0 Å². The molecule has 0 amide bonds. The van der Waals surface area contributed by atoms with Crippen molar-refractivity contribution in [2.45, 2.75) is 152 Å². The van der Waals surface area contributed by atoms with Gasteiger partial charge in [-0.2, -0.15) is 0 Å². The third-order valence-corrected chi connectivity index (χ3v) is 17.7. The third-order valence-electron chi connectivity index (χ3n) is 17.7. The van der Waals surface area contributed by atoms with E-state index in [9.17, 15) is 9.90 Å². The predicted octanol–water partition coefficient (Wildman–Crippen LogP) is 13.0. The zero-order valence-corrected chi connectivity index (χ0v) is 56.2. The number of benzene rings is 9. The van der Waals surface area contributed by atoms with E-state index in [1.807, 2.05) is 273 Å². The van der Waals surface area contributed by atoms with E-state index >= 15 is 0 Å². The highest BCUT2D eigenvalue weighted by molar-refractivity contribution is 5.65. The molecular formula is C83H88O17. The van der Waals surface area contributed by atoms with Crippen LogP contribution < -0.4 is 0 Å². The Bertz CT molecular complexity index is 3740. The molecule has 0 unspecified atom stereocenters. The highest BCUT2D eigenvalue weighted by Crippen LogP contribution is 2.43. The van der Waals surface area contributed by atoms with Crippen molar-refractivity contribution < 1.29 is 81.0 Å². The molecule has 3 fully saturated rings. The van der Waals surface area contributed by atoms with Crippen molar-refractivity contribution in [3.63, 3.8) is 0 Å². The van der Waals surface area contributed by atoms with Gasteiger partial charge >= 0.3 is 5.97 Å². The molecule has 3 heterocycles. The van der Waals surface area contributed by atoms with E-state index in [1.54, 1.807) is 0 Å². The molecule has 0 bridgehead atoms. The van der Waals surface area contributed by atoms with Gasteiger partial charge in [0.2, 0.25) is 5.79 Å². The summed E-state index contributed by atoms with van der Waals surface area (Å²) in [6.07, 6.45) is -13.7. The van der Waals surface area contributed by atoms with Crippen molar-refractivity contribution in [2.75, 3.05) is 26.4 Å². The summed E-state index contributed by atoms with van der Waals surface area (Å²) in [6, 6.07) is 88.3. The lowest BCUT2D eigenvalue weighted by Crippen LogP contribution is -2.65. The first-order valence-corrected chi connectivity index (χ1v) is 34.2. The van der Waals surface area contributed by atoms with Crippen LogP contribution in [-0.4, -0.2) is 123 Å². The predicted molar refractivity (Wildman–Crippen MR) is 372 cm³/mol. The van der Waals surface area contributed by atoms with Crippen LogP contribution in [0.25, 0.3) is 0 Å². The largest absolute Gasteiger partial charge is 0.463 e. The summed E-state index contributed by atoms with van der Waals surface area (Å²) in [5, 5.41) is 11.5. The van der Waals surface area contributed by atoms with Crippen LogP contribution in [0.2, 0.25) is 0 Å². The molecule has 0 aromatic heterocycles. The molecule has 12 rings (SSSR count). The first-order valence-electron chi connectivity index (χ1n) is 34.2. The molecular weight excluding hydrogens is 1270 g/mol. The molecule has 0 radical (unpaired) electrons. The van der Waals surface area contributed by atoms with E-state index in [4.69, 9.17) is 71.1 Å². The Labute approximate surface area is 585 Å². The van der Waals surface area contributed by atoms with Gasteiger partial charge < -0.3 is 76.2 Å². The second-order valence-corrected chi connectivity index (χ2v) is 25.0. The van der Waals surface area contributed by atoms with E-state index < -0.39 is 98.1 Å². The van der Waals surface area contributed by atoms with Crippen molar-refractivity contribution in [3.8, 4) is 0 Å². The molecule has 9 aromatic rings. The lowest BCUT2D eigenvalue weighted by atomic mass is 9.96. The monoisotopic (exact) mass is 1360 g/mol. The van der Waals surface area contributed by atoms with Gasteiger partial charge in [-0.1, -0.05) is 273 Å². The van der Waals surface area contributed by atoms with E-state index in [0.29, 0.717) is 0 Å². The van der Waals surface area contributed by atoms with Crippen LogP contribution in [0.4, 0.5) is 0 Å². The van der Waals surface area contributed by atoms with Crippen molar-refractivity contribution in [1.29, 1.82) is 0 Å². The van der Waals surface area contributed by atoms with Crippen molar-refractivity contribution in [3.05, 3.63) is 323 Å². The second kappa shape index (κ2) is 37.5. The number of hydrogen-bond acceptors (Lipinski definition) is 17. The SMILES string of the molecule is CC(=O)OC[C@H]1O[C@@](COCc2ccccc2)(O[C@H]2O[C@H](CO[C@H]3O[C@H](CO)[C@H](OCc4ccccc4)[C@H](OCc4ccccc4)[C@H]3OCc3ccccc3)[C@@H](OCc3ccccc3)[C@H](OCc3ccccc3)[C@H]2OCc2ccccc2)[C@@H](OCc2ccccc2)[C@@H]1OCc1ccccc1. The van der Waals surface area contributed by atoms with Crippen LogP contribution in [0.1, 0.15) is 57.0 Å². The first-order chi connectivity index (χ1) is 49.3. The summed E-state index contributed by atoms with van der Waals surface area (Å²) in [5.41, 5.74) is 7.96. The highest BCUT2D eigenvalue weighted by atomic mass is 16.8. The zero-order chi connectivity index (χ0) is 68.4. The van der Waals surface area contributed by atoms with Crippen LogP contribution in [0.15, 0.2) is 273 Å². The van der Waals surface area contributed by atoms with Gasteiger partial charge in [0, 0.05) is 6.92 Å². The molecule has 14 atom stereocenters. The molecule has 3 saturated heterocycles. The molecule has 9 aromatic carbocycles. The summed E-state index contributed by atoms with van der Waals surface area (Å²) in [5.74, 6) is -2.47. The van der Waals surface area contributed by atoms with E-state index in [0.717, 1.165) is 50.1 Å². The maximum atomic E-state index is 12.9. The van der Waals surface area contributed by atoms with Crippen LogP contribution in [-0.2, 0) is 135 Å². The summed E-state index contributed by atoms with van der Waals surface area (Å²) in [7, 11) is 0. The molecule has 0 spiro atoms. The third kappa shape index (κ3) is 20.3. The number of esters is 1. The fourth-order valence-electron chi connectivity index (χ4n) is 12.6. The number of ether oxygens (including phenoxy) is 15. The molecule has 3 aliphatic heterocycles. The summed E-state index contributed by atoms with van der Waals surface area (Å²) >= 11 is 0. The van der Waals surface area contributed by atoms with Gasteiger partial charge in [-0.15, -0.1) is 0 Å². The maximum absolute atomic E-state index is 12.9. The average molecular weight is 1360 g/mol. The van der Waals surface area contributed by atoms with Crippen molar-refractivity contribution in [2.24, 2.45) is 0 Å². The topological polar surface area (TPSA) is 176 Å². The number of carbonyl (C=O) groups excluding carboxylic acids is 1. The number of aliphatic hydroxyl groups excluding tert-OH is 1. The Morgan fingerprint density at radius 1 is 0.330 bits per heavy atom. The van der Waals surface area contributed by atoms with Gasteiger partial charge in [0.25, 0.3) is 0 Å².